The van der Waals surface area contributed by atoms with E-state index in [1.54, 1.807) is 0 Å². The van der Waals surface area contributed by atoms with Gasteiger partial charge < -0.3 is 0 Å². The molecule has 0 bridgehead atoms. The Bertz CT molecular complexity index is 372. The fourth-order valence-electron chi connectivity index (χ4n) is 1.24. The summed E-state index contributed by atoms with van der Waals surface area (Å²) in [5, 5.41) is 0. The predicted molar refractivity (Wildman–Crippen MR) is 56.9 cm³/mol. The molecule has 0 aliphatic heterocycles. The number of benzene rings is 1. The molecule has 1 aromatic carbocycles. The number of hydrogen-bond acceptors (Lipinski definition) is 3. The van der Waals surface area contributed by atoms with Crippen molar-refractivity contribution in [2.75, 3.05) is 6.61 Å². The third-order valence-corrected chi connectivity index (χ3v) is 2.40. The minimum Gasteiger partial charge on any atom is -0.264 e. The zero-order valence-electron chi connectivity index (χ0n) is 8.30. The van der Waals surface area contributed by atoms with Crippen LogP contribution in [0.2, 0.25) is 0 Å². The van der Waals surface area contributed by atoms with Crippen molar-refractivity contribution in [1.29, 1.82) is 0 Å². The van der Waals surface area contributed by atoms with Crippen LogP contribution in [0, 0.1) is 0 Å². The Hall–Kier alpha value is -0.910. The zero-order chi connectivity index (χ0) is 11.1. The lowest BCUT2D eigenvalue weighted by Crippen LogP contribution is -2.04. The van der Waals surface area contributed by atoms with Crippen LogP contribution >= 0.6 is 0 Å². The number of unbranched alkanes of at least 4 members (excludes halogenated alkanes) is 1. The molecular weight excluding hydrogens is 216 g/mol. The lowest BCUT2D eigenvalue weighted by atomic mass is 10.1. The number of aryl methyl sites for hydroxylation is 1. The molecule has 0 radical (unpaired) electrons. The molecule has 0 heterocycles. The Morgan fingerprint density at radius 1 is 1.13 bits per heavy atom. The predicted octanol–water partition coefficient (Wildman–Crippen LogP) is 1.83. The van der Waals surface area contributed by atoms with E-state index in [9.17, 15) is 8.42 Å². The van der Waals surface area contributed by atoms with Gasteiger partial charge in [-0.1, -0.05) is 30.3 Å². The molecule has 0 aliphatic rings. The monoisotopic (exact) mass is 230 g/mol. The highest BCUT2D eigenvalue weighted by Gasteiger charge is 2.02. The highest BCUT2D eigenvalue weighted by atomic mass is 32.3. The summed E-state index contributed by atoms with van der Waals surface area (Å²) in [5.74, 6) is 0. The summed E-state index contributed by atoms with van der Waals surface area (Å²) < 4.78 is 32.9. The van der Waals surface area contributed by atoms with Gasteiger partial charge in [-0.25, -0.2) is 4.18 Å². The van der Waals surface area contributed by atoms with Crippen molar-refractivity contribution < 1.29 is 17.2 Å². The Morgan fingerprint density at radius 2 is 1.80 bits per heavy atom. The molecule has 1 aromatic rings. The average Bonchev–Trinajstić information content (AvgIpc) is 2.17. The van der Waals surface area contributed by atoms with Gasteiger partial charge in [-0.05, 0) is 24.8 Å². The summed E-state index contributed by atoms with van der Waals surface area (Å²) in [6, 6.07) is 9.91. The summed E-state index contributed by atoms with van der Waals surface area (Å²) in [4.78, 5) is 0. The van der Waals surface area contributed by atoms with E-state index in [1.807, 2.05) is 30.3 Å². The minimum atomic E-state index is -4.27. The summed E-state index contributed by atoms with van der Waals surface area (Å²) in [6.07, 6.45) is 2.32. The van der Waals surface area contributed by atoms with E-state index in [2.05, 4.69) is 4.18 Å². The minimum absolute atomic E-state index is 0.0334. The van der Waals surface area contributed by atoms with Crippen molar-refractivity contribution in [3.63, 3.8) is 0 Å². The second-order valence-electron chi connectivity index (χ2n) is 3.19. The molecule has 0 saturated heterocycles. The third kappa shape index (κ3) is 6.22. The Labute approximate surface area is 89.8 Å². The topological polar surface area (TPSA) is 63.6 Å². The summed E-state index contributed by atoms with van der Waals surface area (Å²) in [6.45, 7) is 0.0334. The summed E-state index contributed by atoms with van der Waals surface area (Å²) in [5.41, 5.74) is 1.21. The van der Waals surface area contributed by atoms with E-state index in [0.29, 0.717) is 6.42 Å². The molecule has 1 rings (SSSR count). The van der Waals surface area contributed by atoms with Crippen LogP contribution in [0.1, 0.15) is 18.4 Å². The average molecular weight is 230 g/mol. The van der Waals surface area contributed by atoms with E-state index in [4.69, 9.17) is 4.55 Å². The molecule has 0 aromatic heterocycles. The van der Waals surface area contributed by atoms with Gasteiger partial charge in [-0.2, -0.15) is 8.42 Å². The maximum absolute atomic E-state index is 10.2. The van der Waals surface area contributed by atoms with Crippen LogP contribution in [-0.4, -0.2) is 19.6 Å². The molecule has 84 valence electrons. The van der Waals surface area contributed by atoms with Crippen molar-refractivity contribution in [3.8, 4) is 0 Å². The molecule has 0 aliphatic carbocycles. The maximum Gasteiger partial charge on any atom is 0.397 e. The lowest BCUT2D eigenvalue weighted by molar-refractivity contribution is 0.263. The number of rotatable bonds is 6. The molecule has 1 N–H and O–H groups in total. The molecular formula is C10H14O4S. The normalized spacial score (nSPS) is 11.5. The van der Waals surface area contributed by atoms with E-state index in [1.165, 1.54) is 5.56 Å². The molecule has 0 atom stereocenters. The van der Waals surface area contributed by atoms with Gasteiger partial charge in [-0.3, -0.25) is 4.55 Å². The molecule has 0 unspecified atom stereocenters. The highest BCUT2D eigenvalue weighted by Crippen LogP contribution is 2.04. The Balaban J connectivity index is 2.13. The van der Waals surface area contributed by atoms with Crippen LogP contribution in [0.15, 0.2) is 30.3 Å². The largest absolute Gasteiger partial charge is 0.397 e. The molecule has 0 fully saturated rings. The number of hydrogen-bond donors (Lipinski definition) is 1. The molecule has 0 amide bonds. The van der Waals surface area contributed by atoms with Crippen molar-refractivity contribution in [2.45, 2.75) is 19.3 Å². The lowest BCUT2D eigenvalue weighted by Gasteiger charge is -2.01. The molecule has 0 spiro atoms. The first-order valence-electron chi connectivity index (χ1n) is 4.74. The van der Waals surface area contributed by atoms with Gasteiger partial charge in [0.1, 0.15) is 0 Å². The first-order chi connectivity index (χ1) is 7.08. The van der Waals surface area contributed by atoms with Crippen LogP contribution in [0.5, 0.6) is 0 Å². The maximum atomic E-state index is 10.2. The summed E-state index contributed by atoms with van der Waals surface area (Å²) >= 11 is 0. The van der Waals surface area contributed by atoms with E-state index in [0.717, 1.165) is 12.8 Å². The van der Waals surface area contributed by atoms with Crippen molar-refractivity contribution >= 4 is 10.4 Å². The Kier molecular flexibility index (Phi) is 4.74. The van der Waals surface area contributed by atoms with Gasteiger partial charge >= 0.3 is 10.4 Å². The van der Waals surface area contributed by atoms with E-state index in [-0.39, 0.29) is 6.61 Å². The first-order valence-corrected chi connectivity index (χ1v) is 6.10. The Morgan fingerprint density at radius 3 is 2.40 bits per heavy atom. The SMILES string of the molecule is O=S(=O)(O)OCCCCc1ccccc1. The van der Waals surface area contributed by atoms with Gasteiger partial charge in [0.25, 0.3) is 0 Å². The smallest absolute Gasteiger partial charge is 0.264 e. The van der Waals surface area contributed by atoms with Gasteiger partial charge in [0, 0.05) is 0 Å². The molecule has 0 saturated carbocycles. The van der Waals surface area contributed by atoms with E-state index >= 15 is 0 Å². The van der Waals surface area contributed by atoms with Crippen LogP contribution in [0.4, 0.5) is 0 Å². The van der Waals surface area contributed by atoms with E-state index < -0.39 is 10.4 Å². The fraction of sp³-hybridized carbons (Fsp3) is 0.400. The zero-order valence-corrected chi connectivity index (χ0v) is 9.11. The van der Waals surface area contributed by atoms with Crippen molar-refractivity contribution in [1.82, 2.24) is 0 Å². The highest BCUT2D eigenvalue weighted by molar-refractivity contribution is 7.80. The van der Waals surface area contributed by atoms with Crippen LogP contribution in [0.25, 0.3) is 0 Å². The van der Waals surface area contributed by atoms with Gasteiger partial charge in [0.2, 0.25) is 0 Å². The van der Waals surface area contributed by atoms with Gasteiger partial charge in [0.15, 0.2) is 0 Å². The van der Waals surface area contributed by atoms with Crippen LogP contribution in [0.3, 0.4) is 0 Å². The van der Waals surface area contributed by atoms with Crippen LogP contribution < -0.4 is 0 Å². The van der Waals surface area contributed by atoms with Gasteiger partial charge in [0.05, 0.1) is 6.61 Å². The second kappa shape index (κ2) is 5.85. The van der Waals surface area contributed by atoms with Gasteiger partial charge in [-0.15, -0.1) is 0 Å². The fourth-order valence-corrected chi connectivity index (χ4v) is 1.57. The van der Waals surface area contributed by atoms with Crippen molar-refractivity contribution in [2.24, 2.45) is 0 Å². The third-order valence-electron chi connectivity index (χ3n) is 1.93. The summed E-state index contributed by atoms with van der Waals surface area (Å²) in [7, 11) is -4.27. The first kappa shape index (κ1) is 12.2. The molecule has 15 heavy (non-hydrogen) atoms. The molecule has 5 heteroatoms. The van der Waals surface area contributed by atoms with Crippen molar-refractivity contribution in [3.05, 3.63) is 35.9 Å². The molecule has 4 nitrogen and oxygen atoms in total. The quantitative estimate of drug-likeness (QED) is 0.598. The standard InChI is InChI=1S/C10H14O4S/c11-15(12,13)14-9-5-4-8-10-6-2-1-3-7-10/h1-3,6-7H,4-5,8-9H2,(H,11,12,13). The van der Waals surface area contributed by atoms with Crippen LogP contribution in [-0.2, 0) is 21.0 Å². The second-order valence-corrected chi connectivity index (χ2v) is 4.28.